The van der Waals surface area contributed by atoms with Crippen molar-refractivity contribution in [1.29, 1.82) is 0 Å². The standard InChI is InChI=1S/C28H30O8/c1-16-7-6-10-19(29)9-5-3-4-8-18-14-23-26(27(32)25(18)28(33)35-16)20(15-24(31)36-23)17-11-12-21(30)22(13-17)34-2/h4,8,11-14,16,20,30,32H,3,5-7,9-10,15H2,1-2H3. The number of carbonyl (C=O) groups excluding carboxylic acids is 3. The Morgan fingerprint density at radius 3 is 2.61 bits per heavy atom. The molecular formula is C28H30O8. The number of cyclic esters (lactones) is 1. The molecule has 0 saturated carbocycles. The fraction of sp³-hybridized carbons (Fsp3) is 0.393. The molecule has 2 aromatic carbocycles. The SMILES string of the molecule is COc1cc(C2CC(=O)Oc3cc4c(c(O)c32)C(=O)OC(C)CCCC(=O)CCCC=C4)ccc1O. The number of ketones is 1. The van der Waals surface area contributed by atoms with Crippen LogP contribution in [0.4, 0.5) is 0 Å². The third-order valence-corrected chi connectivity index (χ3v) is 6.58. The molecular weight excluding hydrogens is 464 g/mol. The van der Waals surface area contributed by atoms with Gasteiger partial charge in [0.15, 0.2) is 11.5 Å². The van der Waals surface area contributed by atoms with E-state index in [1.54, 1.807) is 31.2 Å². The molecule has 2 aliphatic rings. The number of benzene rings is 2. The zero-order valence-electron chi connectivity index (χ0n) is 20.4. The van der Waals surface area contributed by atoms with Gasteiger partial charge in [0.2, 0.25) is 0 Å². The molecule has 0 aromatic heterocycles. The van der Waals surface area contributed by atoms with Gasteiger partial charge in [0, 0.05) is 24.3 Å². The molecule has 2 aromatic rings. The number of allylic oxidation sites excluding steroid dienone is 1. The summed E-state index contributed by atoms with van der Waals surface area (Å²) in [6.07, 6.45) is 6.37. The van der Waals surface area contributed by atoms with E-state index in [0.717, 1.165) is 0 Å². The zero-order valence-corrected chi connectivity index (χ0v) is 20.4. The van der Waals surface area contributed by atoms with E-state index in [1.165, 1.54) is 13.2 Å². The van der Waals surface area contributed by atoms with Gasteiger partial charge in [-0.2, -0.15) is 0 Å². The minimum absolute atomic E-state index is 0.00122. The maximum Gasteiger partial charge on any atom is 0.342 e. The second-order valence-corrected chi connectivity index (χ2v) is 9.20. The minimum atomic E-state index is -0.690. The first-order valence-corrected chi connectivity index (χ1v) is 12.1. The Morgan fingerprint density at radius 1 is 1.06 bits per heavy atom. The van der Waals surface area contributed by atoms with Crippen LogP contribution < -0.4 is 9.47 Å². The van der Waals surface area contributed by atoms with Crippen LogP contribution in [0.2, 0.25) is 0 Å². The molecule has 0 aliphatic carbocycles. The first-order valence-electron chi connectivity index (χ1n) is 12.1. The van der Waals surface area contributed by atoms with E-state index in [9.17, 15) is 24.6 Å². The highest BCUT2D eigenvalue weighted by Crippen LogP contribution is 2.48. The van der Waals surface area contributed by atoms with Gasteiger partial charge in [0.05, 0.1) is 19.6 Å². The van der Waals surface area contributed by atoms with Crippen LogP contribution in [0, 0.1) is 0 Å². The van der Waals surface area contributed by atoms with Gasteiger partial charge < -0.3 is 24.4 Å². The van der Waals surface area contributed by atoms with E-state index >= 15 is 0 Å². The number of hydrogen-bond donors (Lipinski definition) is 2. The van der Waals surface area contributed by atoms with Gasteiger partial charge in [-0.3, -0.25) is 9.59 Å². The van der Waals surface area contributed by atoms with Gasteiger partial charge in [-0.05, 0) is 61.9 Å². The van der Waals surface area contributed by atoms with Crippen LogP contribution in [-0.2, 0) is 14.3 Å². The summed E-state index contributed by atoms with van der Waals surface area (Å²) in [5.74, 6) is -1.61. The van der Waals surface area contributed by atoms with Crippen molar-refractivity contribution < 1.29 is 38.8 Å². The monoisotopic (exact) mass is 494 g/mol. The Labute approximate surface area is 209 Å². The molecule has 0 radical (unpaired) electrons. The number of esters is 2. The van der Waals surface area contributed by atoms with Crippen molar-refractivity contribution in [3.8, 4) is 23.0 Å². The van der Waals surface area contributed by atoms with Gasteiger partial charge in [-0.15, -0.1) is 0 Å². The lowest BCUT2D eigenvalue weighted by molar-refractivity contribution is -0.135. The van der Waals surface area contributed by atoms with Crippen LogP contribution in [0.25, 0.3) is 6.08 Å². The molecule has 2 N–H and O–H groups in total. The fourth-order valence-corrected chi connectivity index (χ4v) is 4.71. The highest BCUT2D eigenvalue weighted by Gasteiger charge is 2.35. The van der Waals surface area contributed by atoms with Crippen molar-refractivity contribution >= 4 is 23.8 Å². The summed E-state index contributed by atoms with van der Waals surface area (Å²) in [4.78, 5) is 37.8. The Bertz CT molecular complexity index is 1210. The van der Waals surface area contributed by atoms with E-state index < -0.39 is 24.0 Å². The number of phenolic OH excluding ortho intramolecular Hbond substituents is 2. The molecule has 0 fully saturated rings. The summed E-state index contributed by atoms with van der Waals surface area (Å²) in [5.41, 5.74) is 1.27. The normalized spacial score (nSPS) is 21.0. The largest absolute Gasteiger partial charge is 0.507 e. The van der Waals surface area contributed by atoms with Crippen molar-refractivity contribution in [3.63, 3.8) is 0 Å². The molecule has 2 atom stereocenters. The number of phenols is 2. The van der Waals surface area contributed by atoms with Gasteiger partial charge in [-0.25, -0.2) is 4.79 Å². The molecule has 4 rings (SSSR count). The van der Waals surface area contributed by atoms with Gasteiger partial charge >= 0.3 is 11.9 Å². The quantitative estimate of drug-likeness (QED) is 0.441. The van der Waals surface area contributed by atoms with Crippen molar-refractivity contribution in [3.05, 3.63) is 52.6 Å². The molecule has 190 valence electrons. The highest BCUT2D eigenvalue weighted by atomic mass is 16.5. The molecule has 2 heterocycles. The molecule has 0 amide bonds. The number of carbonyl (C=O) groups is 3. The number of fused-ring (bicyclic) bond motifs is 2. The minimum Gasteiger partial charge on any atom is -0.507 e. The zero-order chi connectivity index (χ0) is 25.8. The molecule has 0 bridgehead atoms. The first kappa shape index (κ1) is 25.3. The third-order valence-electron chi connectivity index (χ3n) is 6.58. The summed E-state index contributed by atoms with van der Waals surface area (Å²) >= 11 is 0. The van der Waals surface area contributed by atoms with Crippen molar-refractivity contribution in [2.24, 2.45) is 0 Å². The maximum atomic E-state index is 13.3. The molecule has 0 saturated heterocycles. The third kappa shape index (κ3) is 5.37. The summed E-state index contributed by atoms with van der Waals surface area (Å²) in [7, 11) is 1.42. The Morgan fingerprint density at radius 2 is 1.83 bits per heavy atom. The molecule has 2 unspecified atom stereocenters. The predicted octanol–water partition coefficient (Wildman–Crippen LogP) is 5.03. The van der Waals surface area contributed by atoms with Crippen LogP contribution >= 0.6 is 0 Å². The molecule has 0 spiro atoms. The Hall–Kier alpha value is -3.81. The Kier molecular flexibility index (Phi) is 7.62. The van der Waals surface area contributed by atoms with E-state index in [0.29, 0.717) is 55.2 Å². The maximum absolute atomic E-state index is 13.3. The highest BCUT2D eigenvalue weighted by molar-refractivity contribution is 5.98. The number of hydrogen-bond acceptors (Lipinski definition) is 8. The van der Waals surface area contributed by atoms with E-state index in [1.807, 2.05) is 6.08 Å². The van der Waals surface area contributed by atoms with Gasteiger partial charge in [0.25, 0.3) is 0 Å². The number of Topliss-reactive ketones (excluding diaryl/α,β-unsaturated/α-hetero) is 1. The van der Waals surface area contributed by atoms with Crippen LogP contribution in [0.15, 0.2) is 30.3 Å². The topological polar surface area (TPSA) is 119 Å². The first-order chi connectivity index (χ1) is 17.3. The van der Waals surface area contributed by atoms with Crippen LogP contribution in [0.5, 0.6) is 23.0 Å². The molecule has 8 nitrogen and oxygen atoms in total. The molecule has 2 aliphatic heterocycles. The summed E-state index contributed by atoms with van der Waals surface area (Å²) in [6, 6.07) is 6.24. The lowest BCUT2D eigenvalue weighted by Gasteiger charge is -2.28. The average Bonchev–Trinajstić information content (AvgIpc) is 2.82. The fourth-order valence-electron chi connectivity index (χ4n) is 4.71. The number of rotatable bonds is 2. The van der Waals surface area contributed by atoms with Crippen LogP contribution in [0.1, 0.15) is 84.8 Å². The summed E-state index contributed by atoms with van der Waals surface area (Å²) < 4.78 is 16.3. The summed E-state index contributed by atoms with van der Waals surface area (Å²) in [6.45, 7) is 1.76. The summed E-state index contributed by atoms with van der Waals surface area (Å²) in [5, 5.41) is 21.4. The lowest BCUT2D eigenvalue weighted by Crippen LogP contribution is -2.23. The molecule has 36 heavy (non-hydrogen) atoms. The van der Waals surface area contributed by atoms with Crippen molar-refractivity contribution in [1.82, 2.24) is 0 Å². The van der Waals surface area contributed by atoms with Crippen LogP contribution in [0.3, 0.4) is 0 Å². The van der Waals surface area contributed by atoms with E-state index in [-0.39, 0.29) is 40.8 Å². The average molecular weight is 495 g/mol. The second kappa shape index (κ2) is 10.8. The van der Waals surface area contributed by atoms with Gasteiger partial charge in [-0.1, -0.05) is 18.2 Å². The second-order valence-electron chi connectivity index (χ2n) is 9.20. The lowest BCUT2D eigenvalue weighted by atomic mass is 9.83. The van der Waals surface area contributed by atoms with Crippen molar-refractivity contribution in [2.45, 2.75) is 63.9 Å². The van der Waals surface area contributed by atoms with Gasteiger partial charge in [0.1, 0.15) is 22.8 Å². The van der Waals surface area contributed by atoms with Crippen LogP contribution in [-0.4, -0.2) is 41.1 Å². The smallest absolute Gasteiger partial charge is 0.342 e. The van der Waals surface area contributed by atoms with E-state index in [4.69, 9.17) is 14.2 Å². The Balaban J connectivity index is 1.82. The molecule has 8 heteroatoms. The van der Waals surface area contributed by atoms with E-state index in [2.05, 4.69) is 0 Å². The number of ether oxygens (including phenoxy) is 3. The predicted molar refractivity (Wildman–Crippen MR) is 131 cm³/mol. The number of aromatic hydroxyl groups is 2. The number of methoxy groups -OCH3 is 1. The van der Waals surface area contributed by atoms with Crippen molar-refractivity contribution in [2.75, 3.05) is 7.11 Å².